The second-order valence-electron chi connectivity index (χ2n) is 7.83. The SMILES string of the molecule is CC(C)(C)C1CCC2(CC1)C[C@@H](O)c1cc(Br)ccc1O2. The van der Waals surface area contributed by atoms with Crippen molar-refractivity contribution in [1.82, 2.24) is 0 Å². The molecule has 0 saturated heterocycles. The van der Waals surface area contributed by atoms with E-state index in [0.717, 1.165) is 41.0 Å². The number of aliphatic hydroxyl groups excluding tert-OH is 1. The lowest BCUT2D eigenvalue weighted by atomic mass is 9.66. The normalized spacial score (nSPS) is 32.6. The van der Waals surface area contributed by atoms with Crippen LogP contribution in [0.15, 0.2) is 22.7 Å². The quantitative estimate of drug-likeness (QED) is 0.691. The van der Waals surface area contributed by atoms with Gasteiger partial charge in [-0.25, -0.2) is 0 Å². The number of hydrogen-bond donors (Lipinski definition) is 1. The van der Waals surface area contributed by atoms with Gasteiger partial charge in [-0.1, -0.05) is 36.7 Å². The van der Waals surface area contributed by atoms with Gasteiger partial charge in [0.2, 0.25) is 0 Å². The van der Waals surface area contributed by atoms with Crippen LogP contribution in [-0.2, 0) is 0 Å². The van der Waals surface area contributed by atoms with E-state index in [0.29, 0.717) is 5.41 Å². The molecule has 1 fully saturated rings. The Balaban J connectivity index is 1.79. The maximum absolute atomic E-state index is 10.5. The Labute approximate surface area is 136 Å². The van der Waals surface area contributed by atoms with Crippen LogP contribution >= 0.6 is 15.9 Å². The third-order valence-electron chi connectivity index (χ3n) is 5.34. The van der Waals surface area contributed by atoms with E-state index in [1.165, 1.54) is 12.8 Å². The highest BCUT2D eigenvalue weighted by Gasteiger charge is 2.44. The van der Waals surface area contributed by atoms with Gasteiger partial charge in [0.1, 0.15) is 11.4 Å². The van der Waals surface area contributed by atoms with Crippen LogP contribution in [0.1, 0.15) is 64.5 Å². The van der Waals surface area contributed by atoms with Gasteiger partial charge >= 0.3 is 0 Å². The van der Waals surface area contributed by atoms with Crippen molar-refractivity contribution in [2.75, 3.05) is 0 Å². The van der Waals surface area contributed by atoms with Gasteiger partial charge < -0.3 is 9.84 Å². The van der Waals surface area contributed by atoms with E-state index in [1.54, 1.807) is 0 Å². The summed E-state index contributed by atoms with van der Waals surface area (Å²) in [4.78, 5) is 0. The molecule has 1 atom stereocenters. The fraction of sp³-hybridized carbons (Fsp3) is 0.667. The molecule has 1 spiro atoms. The number of ether oxygens (including phenoxy) is 1. The zero-order chi connectivity index (χ0) is 15.3. The molecule has 0 unspecified atom stereocenters. The van der Waals surface area contributed by atoms with Gasteiger partial charge in [0.15, 0.2) is 0 Å². The Morgan fingerprint density at radius 1 is 1.24 bits per heavy atom. The Morgan fingerprint density at radius 3 is 2.52 bits per heavy atom. The van der Waals surface area contributed by atoms with Gasteiger partial charge in [0.05, 0.1) is 6.10 Å². The molecule has 0 bridgehead atoms. The van der Waals surface area contributed by atoms with Crippen molar-refractivity contribution in [2.45, 2.75) is 64.6 Å². The van der Waals surface area contributed by atoms with Crippen LogP contribution in [0, 0.1) is 11.3 Å². The standard InChI is InChI=1S/C18H25BrO2/c1-17(2,3)12-6-8-18(9-7-12)11-15(20)14-10-13(19)4-5-16(14)21-18/h4-5,10,12,15,20H,6-9,11H2,1-3H3/t12?,15-,18?/m1/s1. The first kappa shape index (κ1) is 15.4. The summed E-state index contributed by atoms with van der Waals surface area (Å²) in [6.45, 7) is 7.00. The van der Waals surface area contributed by atoms with E-state index in [1.807, 2.05) is 18.2 Å². The molecule has 1 aliphatic carbocycles. The molecule has 1 aliphatic heterocycles. The lowest BCUT2D eigenvalue weighted by Gasteiger charge is -2.47. The molecule has 2 aliphatic rings. The van der Waals surface area contributed by atoms with Crippen molar-refractivity contribution in [3.8, 4) is 5.75 Å². The smallest absolute Gasteiger partial charge is 0.126 e. The largest absolute Gasteiger partial charge is 0.487 e. The Bertz CT molecular complexity index is 525. The van der Waals surface area contributed by atoms with Gasteiger partial charge in [0.25, 0.3) is 0 Å². The average molecular weight is 353 g/mol. The van der Waals surface area contributed by atoms with Crippen molar-refractivity contribution in [3.05, 3.63) is 28.2 Å². The zero-order valence-corrected chi connectivity index (χ0v) is 14.7. The van der Waals surface area contributed by atoms with Crippen LogP contribution in [0.2, 0.25) is 0 Å². The number of aliphatic hydroxyl groups is 1. The van der Waals surface area contributed by atoms with Crippen molar-refractivity contribution in [1.29, 1.82) is 0 Å². The topological polar surface area (TPSA) is 29.5 Å². The van der Waals surface area contributed by atoms with E-state index >= 15 is 0 Å². The van der Waals surface area contributed by atoms with Gasteiger partial charge in [-0.2, -0.15) is 0 Å². The minimum atomic E-state index is -0.405. The molecule has 21 heavy (non-hydrogen) atoms. The predicted octanol–water partition coefficient (Wildman–Crippen LogP) is 5.24. The highest BCUT2D eigenvalue weighted by Crippen LogP contribution is 2.50. The third-order valence-corrected chi connectivity index (χ3v) is 5.84. The van der Waals surface area contributed by atoms with Gasteiger partial charge in [-0.05, 0) is 55.2 Å². The molecule has 1 heterocycles. The van der Waals surface area contributed by atoms with Crippen molar-refractivity contribution >= 4 is 15.9 Å². The lowest BCUT2D eigenvalue weighted by molar-refractivity contribution is -0.0564. The summed E-state index contributed by atoms with van der Waals surface area (Å²) in [6, 6.07) is 5.96. The van der Waals surface area contributed by atoms with Crippen LogP contribution < -0.4 is 4.74 Å². The first-order valence-corrected chi connectivity index (χ1v) is 8.75. The number of rotatable bonds is 0. The molecule has 0 radical (unpaired) electrons. The molecule has 1 aromatic carbocycles. The monoisotopic (exact) mass is 352 g/mol. The third kappa shape index (κ3) is 3.00. The second kappa shape index (κ2) is 5.27. The Kier molecular flexibility index (Phi) is 3.86. The molecule has 0 aromatic heterocycles. The highest BCUT2D eigenvalue weighted by molar-refractivity contribution is 9.10. The van der Waals surface area contributed by atoms with E-state index in [-0.39, 0.29) is 5.60 Å². The van der Waals surface area contributed by atoms with Crippen molar-refractivity contribution < 1.29 is 9.84 Å². The first-order valence-electron chi connectivity index (χ1n) is 7.96. The fourth-order valence-corrected chi connectivity index (χ4v) is 4.30. The molecule has 1 aromatic rings. The maximum Gasteiger partial charge on any atom is 0.126 e. The minimum absolute atomic E-state index is 0.151. The van der Waals surface area contributed by atoms with Crippen LogP contribution in [0.5, 0.6) is 5.75 Å². The van der Waals surface area contributed by atoms with E-state index < -0.39 is 6.10 Å². The van der Waals surface area contributed by atoms with Crippen LogP contribution in [0.25, 0.3) is 0 Å². The molecule has 2 nitrogen and oxygen atoms in total. The minimum Gasteiger partial charge on any atom is -0.487 e. The van der Waals surface area contributed by atoms with Gasteiger partial charge in [-0.3, -0.25) is 0 Å². The predicted molar refractivity (Wildman–Crippen MR) is 88.5 cm³/mol. The number of fused-ring (bicyclic) bond motifs is 1. The van der Waals surface area contributed by atoms with E-state index in [4.69, 9.17) is 4.74 Å². The molecule has 1 N–H and O–H groups in total. The summed E-state index contributed by atoms with van der Waals surface area (Å²) in [7, 11) is 0. The molecule has 116 valence electrons. The van der Waals surface area contributed by atoms with Crippen molar-refractivity contribution in [2.24, 2.45) is 11.3 Å². The van der Waals surface area contributed by atoms with Gasteiger partial charge in [-0.15, -0.1) is 0 Å². The molecular formula is C18H25BrO2. The molecule has 3 rings (SSSR count). The Hall–Kier alpha value is -0.540. The lowest BCUT2D eigenvalue weighted by Crippen LogP contribution is -2.45. The van der Waals surface area contributed by atoms with Crippen molar-refractivity contribution in [3.63, 3.8) is 0 Å². The summed E-state index contributed by atoms with van der Waals surface area (Å²) in [5, 5.41) is 10.5. The summed E-state index contributed by atoms with van der Waals surface area (Å²) in [5.41, 5.74) is 1.15. The molecular weight excluding hydrogens is 328 g/mol. The summed E-state index contributed by atoms with van der Waals surface area (Å²) < 4.78 is 7.36. The summed E-state index contributed by atoms with van der Waals surface area (Å²) in [5.74, 6) is 1.63. The fourth-order valence-electron chi connectivity index (χ4n) is 3.93. The molecule has 0 amide bonds. The second-order valence-corrected chi connectivity index (χ2v) is 8.74. The summed E-state index contributed by atoms with van der Waals surface area (Å²) >= 11 is 3.47. The number of halogens is 1. The highest BCUT2D eigenvalue weighted by atomic mass is 79.9. The average Bonchev–Trinajstić information content (AvgIpc) is 2.39. The Morgan fingerprint density at radius 2 is 1.90 bits per heavy atom. The number of benzene rings is 1. The van der Waals surface area contributed by atoms with E-state index in [9.17, 15) is 5.11 Å². The maximum atomic E-state index is 10.5. The molecule has 3 heteroatoms. The number of hydrogen-bond acceptors (Lipinski definition) is 2. The molecule has 1 saturated carbocycles. The van der Waals surface area contributed by atoms with E-state index in [2.05, 4.69) is 36.7 Å². The van der Waals surface area contributed by atoms with Crippen LogP contribution in [0.3, 0.4) is 0 Å². The summed E-state index contributed by atoms with van der Waals surface area (Å²) in [6.07, 6.45) is 4.83. The van der Waals surface area contributed by atoms with Crippen LogP contribution in [0.4, 0.5) is 0 Å². The zero-order valence-electron chi connectivity index (χ0n) is 13.2. The first-order chi connectivity index (χ1) is 9.79. The van der Waals surface area contributed by atoms with Crippen LogP contribution in [-0.4, -0.2) is 10.7 Å². The van der Waals surface area contributed by atoms with Gasteiger partial charge in [0, 0.05) is 16.5 Å².